The summed E-state index contributed by atoms with van der Waals surface area (Å²) in [6, 6.07) is 7.68. The van der Waals surface area contributed by atoms with Crippen LogP contribution in [0.5, 0.6) is 0 Å². The van der Waals surface area contributed by atoms with Crippen molar-refractivity contribution >= 4 is 17.5 Å². The molecule has 1 rings (SSSR count). The van der Waals surface area contributed by atoms with E-state index >= 15 is 0 Å². The molecule has 2 nitrogen and oxygen atoms in total. The van der Waals surface area contributed by atoms with Crippen molar-refractivity contribution in [2.45, 2.75) is 25.7 Å². The summed E-state index contributed by atoms with van der Waals surface area (Å²) in [6.07, 6.45) is 1.16. The van der Waals surface area contributed by atoms with Gasteiger partial charge in [-0.2, -0.15) is 0 Å². The molecule has 14 heavy (non-hydrogen) atoms. The Morgan fingerprint density at radius 1 is 1.50 bits per heavy atom. The molecule has 0 fully saturated rings. The van der Waals surface area contributed by atoms with E-state index in [4.69, 9.17) is 17.3 Å². The Balaban J connectivity index is 2.65. The molecule has 2 N–H and O–H groups in total. The molecule has 0 spiro atoms. The van der Waals surface area contributed by atoms with E-state index < -0.39 is 0 Å². The first-order chi connectivity index (χ1) is 6.61. The molecule has 1 amide bonds. The van der Waals surface area contributed by atoms with Crippen LogP contribution >= 0.6 is 11.6 Å². The molecule has 1 atom stereocenters. The second-order valence-electron chi connectivity index (χ2n) is 3.43. The highest BCUT2D eigenvalue weighted by Crippen LogP contribution is 2.27. The minimum absolute atomic E-state index is 0.260. The molecular formula is C11H14ClNO. The van der Waals surface area contributed by atoms with Gasteiger partial charge in [-0.3, -0.25) is 4.79 Å². The monoisotopic (exact) mass is 211 g/mol. The first-order valence-electron chi connectivity index (χ1n) is 4.64. The highest BCUT2D eigenvalue weighted by molar-refractivity contribution is 6.31. The topological polar surface area (TPSA) is 43.1 Å². The molecule has 1 aromatic rings. The molecule has 76 valence electrons. The normalized spacial score (nSPS) is 12.4. The van der Waals surface area contributed by atoms with E-state index in [0.717, 1.165) is 17.0 Å². The number of primary amides is 1. The van der Waals surface area contributed by atoms with Crippen molar-refractivity contribution in [3.63, 3.8) is 0 Å². The summed E-state index contributed by atoms with van der Waals surface area (Å²) in [7, 11) is 0. The first-order valence-corrected chi connectivity index (χ1v) is 5.01. The van der Waals surface area contributed by atoms with Crippen molar-refractivity contribution in [1.82, 2.24) is 0 Å². The predicted molar refractivity (Wildman–Crippen MR) is 58.3 cm³/mol. The summed E-state index contributed by atoms with van der Waals surface area (Å²) in [6.45, 7) is 2.05. The van der Waals surface area contributed by atoms with Gasteiger partial charge in [-0.1, -0.05) is 36.7 Å². The number of halogens is 1. The summed E-state index contributed by atoms with van der Waals surface area (Å²) < 4.78 is 0. The van der Waals surface area contributed by atoms with E-state index in [-0.39, 0.29) is 11.8 Å². The van der Waals surface area contributed by atoms with Gasteiger partial charge in [0.05, 0.1) is 0 Å². The Kier molecular flexibility index (Phi) is 3.96. The van der Waals surface area contributed by atoms with Crippen LogP contribution in [0.1, 0.15) is 31.2 Å². The van der Waals surface area contributed by atoms with E-state index in [9.17, 15) is 4.79 Å². The Bertz CT molecular complexity index is 325. The summed E-state index contributed by atoms with van der Waals surface area (Å²) in [5.41, 5.74) is 6.16. The van der Waals surface area contributed by atoms with Crippen LogP contribution in [-0.4, -0.2) is 5.91 Å². The smallest absolute Gasteiger partial charge is 0.217 e. The number of nitrogens with two attached hydrogens (primary N) is 1. The Morgan fingerprint density at radius 3 is 2.71 bits per heavy atom. The molecule has 0 aliphatic heterocycles. The number of hydrogen-bond donors (Lipinski definition) is 1. The third-order valence-electron chi connectivity index (χ3n) is 2.26. The Hall–Kier alpha value is -1.02. The van der Waals surface area contributed by atoms with Gasteiger partial charge in [0.15, 0.2) is 0 Å². The maximum atomic E-state index is 10.6. The van der Waals surface area contributed by atoms with Crippen LogP contribution in [0.15, 0.2) is 24.3 Å². The lowest BCUT2D eigenvalue weighted by Gasteiger charge is -2.11. The maximum Gasteiger partial charge on any atom is 0.217 e. The lowest BCUT2D eigenvalue weighted by Crippen LogP contribution is -2.11. The minimum Gasteiger partial charge on any atom is -0.370 e. The summed E-state index contributed by atoms with van der Waals surface area (Å²) in [5.74, 6) is 0.0140. The summed E-state index contributed by atoms with van der Waals surface area (Å²) in [5, 5.41) is 0.754. The van der Waals surface area contributed by atoms with Crippen molar-refractivity contribution in [3.8, 4) is 0 Å². The van der Waals surface area contributed by atoms with E-state index in [2.05, 4.69) is 0 Å². The zero-order valence-electron chi connectivity index (χ0n) is 8.16. The van der Waals surface area contributed by atoms with Crippen LogP contribution in [0.2, 0.25) is 5.02 Å². The lowest BCUT2D eigenvalue weighted by atomic mass is 9.96. The molecule has 0 saturated carbocycles. The molecule has 1 aromatic carbocycles. The van der Waals surface area contributed by atoms with Crippen LogP contribution in [0.3, 0.4) is 0 Å². The standard InChI is InChI=1S/C11H14ClNO/c1-8(6-7-11(13)14)9-4-2-3-5-10(9)12/h2-5,8H,6-7H2,1H3,(H2,13,14). The molecule has 0 saturated heterocycles. The largest absolute Gasteiger partial charge is 0.370 e. The van der Waals surface area contributed by atoms with Gasteiger partial charge in [0.1, 0.15) is 0 Å². The van der Waals surface area contributed by atoms with Crippen LogP contribution in [0.4, 0.5) is 0 Å². The zero-order valence-corrected chi connectivity index (χ0v) is 8.92. The van der Waals surface area contributed by atoms with E-state index in [0.29, 0.717) is 6.42 Å². The fourth-order valence-corrected chi connectivity index (χ4v) is 1.71. The number of rotatable bonds is 4. The average molecular weight is 212 g/mol. The van der Waals surface area contributed by atoms with Crippen molar-refractivity contribution in [1.29, 1.82) is 0 Å². The fraction of sp³-hybridized carbons (Fsp3) is 0.364. The van der Waals surface area contributed by atoms with Gasteiger partial charge in [-0.05, 0) is 24.0 Å². The molecule has 0 aliphatic carbocycles. The third-order valence-corrected chi connectivity index (χ3v) is 2.60. The second-order valence-corrected chi connectivity index (χ2v) is 3.83. The van der Waals surface area contributed by atoms with Crippen LogP contribution in [-0.2, 0) is 4.79 Å². The zero-order chi connectivity index (χ0) is 10.6. The second kappa shape index (κ2) is 5.01. The lowest BCUT2D eigenvalue weighted by molar-refractivity contribution is -0.118. The SMILES string of the molecule is CC(CCC(N)=O)c1ccccc1Cl. The van der Waals surface area contributed by atoms with Crippen molar-refractivity contribution < 1.29 is 4.79 Å². The molecule has 0 heterocycles. The molecule has 0 aromatic heterocycles. The minimum atomic E-state index is -0.260. The van der Waals surface area contributed by atoms with Crippen LogP contribution in [0, 0.1) is 0 Å². The van der Waals surface area contributed by atoms with Gasteiger partial charge in [0, 0.05) is 11.4 Å². The van der Waals surface area contributed by atoms with Gasteiger partial charge in [-0.25, -0.2) is 0 Å². The summed E-state index contributed by atoms with van der Waals surface area (Å²) >= 11 is 6.02. The molecule has 0 radical (unpaired) electrons. The van der Waals surface area contributed by atoms with Gasteiger partial charge in [0.25, 0.3) is 0 Å². The van der Waals surface area contributed by atoms with Gasteiger partial charge in [0.2, 0.25) is 5.91 Å². The van der Waals surface area contributed by atoms with Crippen molar-refractivity contribution in [2.24, 2.45) is 5.73 Å². The number of carbonyl (C=O) groups is 1. The molecule has 0 bridgehead atoms. The molecule has 1 unspecified atom stereocenters. The van der Waals surface area contributed by atoms with Crippen molar-refractivity contribution in [2.75, 3.05) is 0 Å². The van der Waals surface area contributed by atoms with E-state index in [1.54, 1.807) is 0 Å². The van der Waals surface area contributed by atoms with Gasteiger partial charge >= 0.3 is 0 Å². The quantitative estimate of drug-likeness (QED) is 0.818. The number of hydrogen-bond acceptors (Lipinski definition) is 1. The Labute approximate surface area is 89.1 Å². The number of amides is 1. The van der Waals surface area contributed by atoms with Crippen molar-refractivity contribution in [3.05, 3.63) is 34.9 Å². The maximum absolute atomic E-state index is 10.6. The van der Waals surface area contributed by atoms with Gasteiger partial charge < -0.3 is 5.73 Å². The molecule has 3 heteroatoms. The highest BCUT2D eigenvalue weighted by Gasteiger charge is 2.09. The summed E-state index contributed by atoms with van der Waals surface area (Å²) in [4.78, 5) is 10.6. The molecule has 0 aliphatic rings. The van der Waals surface area contributed by atoms with Crippen LogP contribution in [0.25, 0.3) is 0 Å². The predicted octanol–water partition coefficient (Wildman–Crippen LogP) is 2.71. The Morgan fingerprint density at radius 2 is 2.14 bits per heavy atom. The average Bonchev–Trinajstić information content (AvgIpc) is 2.15. The fourth-order valence-electron chi connectivity index (χ4n) is 1.39. The van der Waals surface area contributed by atoms with E-state index in [1.165, 1.54) is 0 Å². The van der Waals surface area contributed by atoms with E-state index in [1.807, 2.05) is 31.2 Å². The molecular weight excluding hydrogens is 198 g/mol. The first kappa shape index (κ1) is 11.1. The highest BCUT2D eigenvalue weighted by atomic mass is 35.5. The van der Waals surface area contributed by atoms with Gasteiger partial charge in [-0.15, -0.1) is 0 Å². The number of carbonyl (C=O) groups excluding carboxylic acids is 1. The van der Waals surface area contributed by atoms with Crippen LogP contribution < -0.4 is 5.73 Å². The number of benzene rings is 1. The third kappa shape index (κ3) is 3.04.